The minimum absolute atomic E-state index is 0.0757. The second kappa shape index (κ2) is 5.76. The van der Waals surface area contributed by atoms with Crippen LogP contribution in [0.1, 0.15) is 35.2 Å². The highest BCUT2D eigenvalue weighted by Crippen LogP contribution is 2.48. The fraction of sp³-hybridized carbons (Fsp3) is 0.500. The first-order valence-electron chi connectivity index (χ1n) is 6.38. The Hall–Kier alpha value is -1.04. The molecule has 0 atom stereocenters. The van der Waals surface area contributed by atoms with Gasteiger partial charge in [0.05, 0.1) is 11.1 Å². The smallest absolute Gasteiger partial charge is 0.351 e. The molecule has 1 amide bonds. The summed E-state index contributed by atoms with van der Waals surface area (Å²) in [6.07, 6.45) is -1.56. The van der Waals surface area contributed by atoms with E-state index in [1.807, 2.05) is 0 Å². The minimum Gasteiger partial charge on any atom is -0.351 e. The molecule has 0 heterocycles. The normalized spacial score (nSPS) is 16.8. The molecule has 1 aliphatic carbocycles. The number of hydrogen-bond donors (Lipinski definition) is 1. The Balaban J connectivity index is 2.07. The Morgan fingerprint density at radius 1 is 1.30 bits per heavy atom. The second-order valence-corrected chi connectivity index (χ2v) is 5.96. The third kappa shape index (κ3) is 3.53. The van der Waals surface area contributed by atoms with Crippen LogP contribution in [0.15, 0.2) is 24.3 Å². The summed E-state index contributed by atoms with van der Waals surface area (Å²) in [4.78, 5) is 12.0. The van der Waals surface area contributed by atoms with Gasteiger partial charge >= 0.3 is 6.18 Å². The molecule has 1 aromatic rings. The molecule has 2 rings (SSSR count). The molecule has 20 heavy (non-hydrogen) atoms. The molecule has 1 saturated carbocycles. The lowest BCUT2D eigenvalue weighted by Gasteiger charge is -2.16. The Kier molecular flexibility index (Phi) is 4.42. The van der Waals surface area contributed by atoms with E-state index in [0.717, 1.165) is 30.7 Å². The summed E-state index contributed by atoms with van der Waals surface area (Å²) in [7, 11) is 0. The molecule has 0 bridgehead atoms. The van der Waals surface area contributed by atoms with Crippen molar-refractivity contribution in [2.24, 2.45) is 5.41 Å². The van der Waals surface area contributed by atoms with E-state index in [0.29, 0.717) is 6.54 Å². The maximum Gasteiger partial charge on any atom is 0.417 e. The van der Waals surface area contributed by atoms with Crippen LogP contribution in [-0.4, -0.2) is 17.8 Å². The Bertz CT molecular complexity index is 497. The number of amides is 1. The molecule has 1 aromatic carbocycles. The Morgan fingerprint density at radius 3 is 2.50 bits per heavy atom. The van der Waals surface area contributed by atoms with Gasteiger partial charge < -0.3 is 5.32 Å². The van der Waals surface area contributed by atoms with Crippen molar-refractivity contribution in [3.05, 3.63) is 35.4 Å². The van der Waals surface area contributed by atoms with E-state index in [1.165, 1.54) is 18.2 Å². The fourth-order valence-electron chi connectivity index (χ4n) is 2.18. The zero-order valence-electron chi connectivity index (χ0n) is 10.8. The van der Waals surface area contributed by atoms with Crippen molar-refractivity contribution >= 4 is 21.8 Å². The summed E-state index contributed by atoms with van der Waals surface area (Å²) in [6, 6.07) is 4.87. The quantitative estimate of drug-likeness (QED) is 0.799. The van der Waals surface area contributed by atoms with Crippen LogP contribution in [0, 0.1) is 5.41 Å². The van der Waals surface area contributed by atoms with Crippen LogP contribution in [0.4, 0.5) is 13.2 Å². The molecule has 0 radical (unpaired) electrons. The van der Waals surface area contributed by atoms with E-state index >= 15 is 0 Å². The van der Waals surface area contributed by atoms with Gasteiger partial charge in [0.15, 0.2) is 0 Å². The molecule has 0 spiro atoms. The zero-order chi connectivity index (χ0) is 14.8. The number of benzene rings is 1. The maximum atomic E-state index is 12.8. The van der Waals surface area contributed by atoms with Gasteiger partial charge in [-0.15, -0.1) is 0 Å². The first-order valence-corrected chi connectivity index (χ1v) is 7.50. The first-order chi connectivity index (χ1) is 9.38. The molecule has 2 nitrogen and oxygen atoms in total. The van der Waals surface area contributed by atoms with Crippen LogP contribution in [-0.2, 0) is 6.18 Å². The van der Waals surface area contributed by atoms with Crippen molar-refractivity contribution < 1.29 is 18.0 Å². The molecule has 0 saturated heterocycles. The third-order valence-corrected chi connectivity index (χ3v) is 4.08. The van der Waals surface area contributed by atoms with E-state index in [9.17, 15) is 18.0 Å². The van der Waals surface area contributed by atoms with Gasteiger partial charge in [0.2, 0.25) is 0 Å². The van der Waals surface area contributed by atoms with Crippen molar-refractivity contribution in [2.75, 3.05) is 11.9 Å². The van der Waals surface area contributed by atoms with E-state index in [1.54, 1.807) is 0 Å². The lowest BCUT2D eigenvalue weighted by molar-refractivity contribution is -0.137. The molecule has 1 N–H and O–H groups in total. The van der Waals surface area contributed by atoms with Gasteiger partial charge in [0.25, 0.3) is 5.91 Å². The van der Waals surface area contributed by atoms with Gasteiger partial charge in [-0.2, -0.15) is 13.2 Å². The van der Waals surface area contributed by atoms with Crippen LogP contribution >= 0.6 is 15.9 Å². The predicted molar refractivity (Wildman–Crippen MR) is 73.9 cm³/mol. The first kappa shape index (κ1) is 15.4. The van der Waals surface area contributed by atoms with Crippen molar-refractivity contribution in [3.8, 4) is 0 Å². The number of carbonyl (C=O) groups is 1. The van der Waals surface area contributed by atoms with E-state index < -0.39 is 17.6 Å². The van der Waals surface area contributed by atoms with Crippen LogP contribution < -0.4 is 5.32 Å². The summed E-state index contributed by atoms with van der Waals surface area (Å²) >= 11 is 3.35. The Labute approximate surface area is 123 Å². The molecule has 0 aromatic heterocycles. The lowest BCUT2D eigenvalue weighted by Crippen LogP contribution is -2.31. The number of alkyl halides is 4. The van der Waals surface area contributed by atoms with Crippen molar-refractivity contribution in [2.45, 2.75) is 25.4 Å². The fourth-order valence-corrected chi connectivity index (χ4v) is 3.02. The highest BCUT2D eigenvalue weighted by molar-refractivity contribution is 9.09. The molecule has 0 unspecified atom stereocenters. The average molecular weight is 350 g/mol. The van der Waals surface area contributed by atoms with E-state index in [2.05, 4.69) is 21.2 Å². The van der Waals surface area contributed by atoms with Gasteiger partial charge in [-0.1, -0.05) is 28.1 Å². The SMILES string of the molecule is O=C(NCC1(CCBr)CC1)c1ccccc1C(F)(F)F. The third-order valence-electron chi connectivity index (χ3n) is 3.68. The summed E-state index contributed by atoms with van der Waals surface area (Å²) in [5.74, 6) is -0.654. The summed E-state index contributed by atoms with van der Waals surface area (Å²) in [5, 5.41) is 3.47. The zero-order valence-corrected chi connectivity index (χ0v) is 12.4. The standard InChI is InChI=1S/C14H15BrF3NO/c15-8-7-13(5-6-13)9-19-12(20)10-3-1-2-4-11(10)14(16,17)18/h1-4H,5-9H2,(H,19,20). The number of hydrogen-bond acceptors (Lipinski definition) is 1. The summed E-state index contributed by atoms with van der Waals surface area (Å²) in [5.41, 5.74) is -1.12. The topological polar surface area (TPSA) is 29.1 Å². The number of rotatable bonds is 5. The molecule has 0 aliphatic heterocycles. The average Bonchev–Trinajstić information content (AvgIpc) is 3.16. The lowest BCUT2D eigenvalue weighted by atomic mass is 10.0. The van der Waals surface area contributed by atoms with Gasteiger partial charge in [0.1, 0.15) is 0 Å². The van der Waals surface area contributed by atoms with Crippen molar-refractivity contribution in [1.29, 1.82) is 0 Å². The molecule has 1 fully saturated rings. The molecule has 6 heteroatoms. The van der Waals surface area contributed by atoms with Gasteiger partial charge in [-0.25, -0.2) is 0 Å². The summed E-state index contributed by atoms with van der Waals surface area (Å²) in [6.45, 7) is 0.434. The maximum absolute atomic E-state index is 12.8. The summed E-state index contributed by atoms with van der Waals surface area (Å²) < 4.78 is 38.5. The second-order valence-electron chi connectivity index (χ2n) is 5.17. The van der Waals surface area contributed by atoms with Gasteiger partial charge in [-0.05, 0) is 36.8 Å². The minimum atomic E-state index is -4.51. The van der Waals surface area contributed by atoms with Crippen LogP contribution in [0.5, 0.6) is 0 Å². The predicted octanol–water partition coefficient (Wildman–Crippen LogP) is 4.00. The highest BCUT2D eigenvalue weighted by Gasteiger charge is 2.42. The Morgan fingerprint density at radius 2 is 1.95 bits per heavy atom. The van der Waals surface area contributed by atoms with Gasteiger partial charge in [-0.3, -0.25) is 4.79 Å². The van der Waals surface area contributed by atoms with E-state index in [4.69, 9.17) is 0 Å². The molecule has 1 aliphatic rings. The largest absolute Gasteiger partial charge is 0.417 e. The van der Waals surface area contributed by atoms with E-state index in [-0.39, 0.29) is 11.0 Å². The number of carbonyl (C=O) groups excluding carboxylic acids is 1. The number of nitrogens with one attached hydrogen (secondary N) is 1. The van der Waals surface area contributed by atoms with Gasteiger partial charge in [0, 0.05) is 11.9 Å². The highest BCUT2D eigenvalue weighted by atomic mass is 79.9. The molecular formula is C14H15BrF3NO. The monoisotopic (exact) mass is 349 g/mol. The number of halogens is 4. The van der Waals surface area contributed by atoms with Crippen LogP contribution in [0.3, 0.4) is 0 Å². The molecule has 110 valence electrons. The van der Waals surface area contributed by atoms with Crippen LogP contribution in [0.2, 0.25) is 0 Å². The van der Waals surface area contributed by atoms with Crippen molar-refractivity contribution in [3.63, 3.8) is 0 Å². The van der Waals surface area contributed by atoms with Crippen molar-refractivity contribution in [1.82, 2.24) is 5.32 Å². The van der Waals surface area contributed by atoms with Crippen LogP contribution in [0.25, 0.3) is 0 Å². The molecular weight excluding hydrogens is 335 g/mol.